The highest BCUT2D eigenvalue weighted by Gasteiger charge is 2.34. The largest absolute Gasteiger partial charge is 0.493 e. The molecule has 3 rings (SSSR count). The second-order valence-electron chi connectivity index (χ2n) is 10.4. The Morgan fingerprint density at radius 3 is 1.58 bits per heavy atom. The minimum Gasteiger partial charge on any atom is -0.493 e. The van der Waals surface area contributed by atoms with E-state index in [1.54, 1.807) is 0 Å². The van der Waals surface area contributed by atoms with Crippen LogP contribution in [0.1, 0.15) is 127 Å². The number of hydrogen-bond acceptors (Lipinski definition) is 0. The lowest BCUT2D eigenvalue weighted by Gasteiger charge is -2.11. The maximum Gasteiger partial charge on any atom is 0.211 e. The van der Waals surface area contributed by atoms with Crippen molar-refractivity contribution in [1.29, 1.82) is 0 Å². The van der Waals surface area contributed by atoms with Gasteiger partial charge in [0.1, 0.15) is 0 Å². The van der Waals surface area contributed by atoms with Crippen molar-refractivity contribution in [3.8, 4) is 0 Å². The average molecular weight is 485 g/mol. The third kappa shape index (κ3) is 7.28. The van der Waals surface area contributed by atoms with Gasteiger partial charge in [-0.1, -0.05) is 96.9 Å². The minimum absolute atomic E-state index is 0.926. The van der Waals surface area contributed by atoms with Crippen molar-refractivity contribution in [3.05, 3.63) is 87.5 Å². The molecule has 0 N–H and O–H groups in total. The van der Waals surface area contributed by atoms with Gasteiger partial charge in [-0.2, -0.15) is 0 Å². The topological polar surface area (TPSA) is 25.3 Å². The Bertz CT molecular complexity index is 1060. The molecule has 0 aliphatic carbocycles. The van der Waals surface area contributed by atoms with E-state index in [2.05, 4.69) is 76.2 Å². The maximum atomic E-state index is 11.8. The summed E-state index contributed by atoms with van der Waals surface area (Å²) < 4.78 is 1.53. The Labute approximate surface area is 221 Å². The molecule has 0 saturated carbocycles. The van der Waals surface area contributed by atoms with Gasteiger partial charge in [-0.3, -0.25) is 0 Å². The zero-order valence-electron chi connectivity index (χ0n) is 23.4. The monoisotopic (exact) mass is 484 g/mol. The molecule has 194 valence electrons. The van der Waals surface area contributed by atoms with Gasteiger partial charge in [-0.25, -0.2) is 4.70 Å². The van der Waals surface area contributed by atoms with Gasteiger partial charge in [0.25, 0.3) is 0 Å². The summed E-state index contributed by atoms with van der Waals surface area (Å²) in [5, 5.41) is 0. The molecule has 2 heteroatoms. The fourth-order valence-corrected chi connectivity index (χ4v) is 5.49. The van der Waals surface area contributed by atoms with E-state index in [-0.39, 0.29) is 0 Å². The third-order valence-corrected chi connectivity index (χ3v) is 7.53. The number of nitrogens with zero attached hydrogens (tertiary/aromatic N) is 2. The van der Waals surface area contributed by atoms with Crippen molar-refractivity contribution in [2.24, 2.45) is 0 Å². The first-order valence-corrected chi connectivity index (χ1v) is 14.8. The molecule has 36 heavy (non-hydrogen) atoms. The van der Waals surface area contributed by atoms with E-state index in [1.165, 1.54) is 91.2 Å². The third-order valence-electron chi connectivity index (χ3n) is 7.53. The molecular weight excluding hydrogens is 436 g/mol. The predicted molar refractivity (Wildman–Crippen MR) is 156 cm³/mol. The van der Waals surface area contributed by atoms with Crippen molar-refractivity contribution < 1.29 is 4.70 Å². The molecule has 2 aromatic carbocycles. The fraction of sp³-hybridized carbons (Fsp3) is 0.529. The number of hydrogen-bond donors (Lipinski definition) is 0. The van der Waals surface area contributed by atoms with Crippen LogP contribution in [-0.4, -0.2) is 4.70 Å². The number of rotatable bonds is 16. The summed E-state index contributed by atoms with van der Waals surface area (Å²) in [5.41, 5.74) is 21.4. The van der Waals surface area contributed by atoms with Gasteiger partial charge in [-0.05, 0) is 80.3 Å². The number of benzene rings is 2. The van der Waals surface area contributed by atoms with E-state index in [9.17, 15) is 5.53 Å². The average Bonchev–Trinajstić information content (AvgIpc) is 3.19. The summed E-state index contributed by atoms with van der Waals surface area (Å²) in [7, 11) is 0. The highest BCUT2D eigenvalue weighted by Crippen LogP contribution is 2.44. The number of unbranched alkanes of at least 4 members (excludes halogenated alkanes) is 7. The van der Waals surface area contributed by atoms with Gasteiger partial charge < -0.3 is 5.53 Å². The molecule has 0 aromatic heterocycles. The minimum atomic E-state index is 0.926. The predicted octanol–water partition coefficient (Wildman–Crippen LogP) is 10.7. The van der Waals surface area contributed by atoms with Gasteiger partial charge in [0.05, 0.1) is 0 Å². The van der Waals surface area contributed by atoms with Crippen LogP contribution in [0.15, 0.2) is 59.7 Å². The molecule has 0 saturated heterocycles. The van der Waals surface area contributed by atoms with Gasteiger partial charge in [0.15, 0.2) is 0 Å². The quantitative estimate of drug-likeness (QED) is 0.167. The molecule has 2 aromatic rings. The van der Waals surface area contributed by atoms with Gasteiger partial charge in [-0.15, -0.1) is 0 Å². The molecule has 1 heterocycles. The summed E-state index contributed by atoms with van der Waals surface area (Å²) in [6.07, 6.45) is 16.6. The zero-order chi connectivity index (χ0) is 25.8. The lowest BCUT2D eigenvalue weighted by Crippen LogP contribution is -2.03. The van der Waals surface area contributed by atoms with E-state index < -0.39 is 0 Å². The summed E-state index contributed by atoms with van der Waals surface area (Å²) in [6, 6.07) is 17.7. The maximum absolute atomic E-state index is 11.8. The van der Waals surface area contributed by atoms with E-state index in [0.29, 0.717) is 0 Å². The van der Waals surface area contributed by atoms with Crippen LogP contribution in [0.4, 0.5) is 0 Å². The van der Waals surface area contributed by atoms with Crippen molar-refractivity contribution in [2.75, 3.05) is 0 Å². The highest BCUT2D eigenvalue weighted by atomic mass is 15.2. The SMILES string of the molecule is CCCCCCCCC1=C(c2cccc(CCCC)c2)[N+](=[N-])C(c2cccc(CCCC)c2)=C1CC. The first-order valence-electron chi connectivity index (χ1n) is 14.8. The summed E-state index contributed by atoms with van der Waals surface area (Å²) in [4.78, 5) is 0. The van der Waals surface area contributed by atoms with Crippen LogP contribution in [0.5, 0.6) is 0 Å². The van der Waals surface area contributed by atoms with Crippen LogP contribution in [0.2, 0.25) is 0 Å². The zero-order valence-corrected chi connectivity index (χ0v) is 23.4. The Balaban J connectivity index is 1.98. The van der Waals surface area contributed by atoms with Crippen molar-refractivity contribution >= 4 is 11.4 Å². The Hall–Kier alpha value is -2.48. The van der Waals surface area contributed by atoms with E-state index in [4.69, 9.17) is 0 Å². The Morgan fingerprint density at radius 1 is 0.556 bits per heavy atom. The molecule has 0 unspecified atom stereocenters. The van der Waals surface area contributed by atoms with E-state index in [1.807, 2.05) is 0 Å². The van der Waals surface area contributed by atoms with Crippen LogP contribution in [0.3, 0.4) is 0 Å². The molecule has 0 atom stereocenters. The Morgan fingerprint density at radius 2 is 1.06 bits per heavy atom. The first-order chi connectivity index (χ1) is 17.6. The highest BCUT2D eigenvalue weighted by molar-refractivity contribution is 5.82. The fourth-order valence-electron chi connectivity index (χ4n) is 5.49. The van der Waals surface area contributed by atoms with E-state index >= 15 is 0 Å². The molecule has 2 nitrogen and oxygen atoms in total. The van der Waals surface area contributed by atoms with Crippen molar-refractivity contribution in [1.82, 2.24) is 0 Å². The van der Waals surface area contributed by atoms with Crippen LogP contribution in [-0.2, 0) is 12.8 Å². The number of aryl methyl sites for hydroxylation is 2. The lowest BCUT2D eigenvalue weighted by molar-refractivity contribution is -0.345. The summed E-state index contributed by atoms with van der Waals surface area (Å²) in [5.74, 6) is 0. The van der Waals surface area contributed by atoms with Crippen LogP contribution in [0, 0.1) is 0 Å². The Kier molecular flexibility index (Phi) is 11.7. The van der Waals surface area contributed by atoms with Crippen LogP contribution >= 0.6 is 0 Å². The summed E-state index contributed by atoms with van der Waals surface area (Å²) >= 11 is 0. The van der Waals surface area contributed by atoms with Gasteiger partial charge >= 0.3 is 0 Å². The molecule has 0 fully saturated rings. The molecule has 0 radical (unpaired) electrons. The van der Waals surface area contributed by atoms with Crippen LogP contribution < -0.4 is 0 Å². The van der Waals surface area contributed by atoms with Gasteiger partial charge in [0, 0.05) is 22.3 Å². The van der Waals surface area contributed by atoms with Gasteiger partial charge in [0.2, 0.25) is 11.4 Å². The standard InChI is InChI=1S/C34H48N2/c1-5-9-12-13-14-15-24-32-31(8-4)33(29-22-16-20-27(25-29)18-10-6-2)36(35)34(32)30-23-17-21-28(26-30)19-11-7-3/h16-17,20-23,25-26H,5-15,18-19,24H2,1-4H3. The normalized spacial score (nSPS) is 13.8. The first kappa shape index (κ1) is 28.1. The van der Waals surface area contributed by atoms with Crippen LogP contribution in [0.25, 0.3) is 16.9 Å². The number of allylic oxidation sites excluding steroid dienone is 2. The second-order valence-corrected chi connectivity index (χ2v) is 10.4. The molecule has 1 aliphatic rings. The molecular formula is C34H48N2. The molecule has 1 aliphatic heterocycles. The molecule has 0 bridgehead atoms. The van der Waals surface area contributed by atoms with E-state index in [0.717, 1.165) is 48.2 Å². The second kappa shape index (κ2) is 14.9. The molecule has 0 spiro atoms. The van der Waals surface area contributed by atoms with Crippen molar-refractivity contribution in [2.45, 2.75) is 118 Å². The van der Waals surface area contributed by atoms with Crippen molar-refractivity contribution in [3.63, 3.8) is 0 Å². The smallest absolute Gasteiger partial charge is 0.211 e. The lowest BCUT2D eigenvalue weighted by atomic mass is 9.92. The summed E-state index contributed by atoms with van der Waals surface area (Å²) in [6.45, 7) is 9.01. The molecule has 0 amide bonds.